The van der Waals surface area contributed by atoms with Gasteiger partial charge in [-0.3, -0.25) is 4.79 Å². The molecule has 0 radical (unpaired) electrons. The standard InChI is InChI=1S/C18H14F3NO2.C17H8F3NO2.C15H7F4NO2.C15H8F3NO2.C15H15F2NO2.C15H13F2NO2.C13H8FNO2S/c1-10(2)5-11-6-15(20)17(16(21)7-11)18(23)24-13-4-3-12(9-22)14(19)8-13;1-2-3-10-6-14(19)16(15(20)7-10)17(22)23-12-5-4-11(9-21)13(18)8-12;1-7-4-11(17)12(14(19)13(7)18)15(21)22-9-3-2-8(6-20)10(16)5-9;1-8-4-12(17)14(13(18)5-8)15(20)21-10-3-2-9(7-19)11(16)6-10;2*1-9-2-4-10(5-3-9)15(19)20-11-6-13(16)12(8-18)14(17)7-11;1-8-2-5-12(18-8)13(16)17-10-4-3-9(7-15)11(14)6-10/h3-4,6-8,10H,5H2,1-2H3;4-8H,1H3;2-5H,1H3;2-6H,1H3;6-7,9-10H,2-5H2,1H3;4,6-7,9H,2-3,5H2,1H3;2-6H,1H3. The van der Waals surface area contributed by atoms with E-state index in [1.54, 1.807) is 48.6 Å². The van der Waals surface area contributed by atoms with Crippen molar-refractivity contribution in [3.8, 4) is 94.6 Å². The Balaban J connectivity index is 0.000000211. The zero-order valence-corrected chi connectivity index (χ0v) is 79.1. The molecule has 0 aliphatic heterocycles. The van der Waals surface area contributed by atoms with E-state index in [0.29, 0.717) is 58.4 Å². The number of nitriles is 7. The highest BCUT2D eigenvalue weighted by atomic mass is 32.1. The van der Waals surface area contributed by atoms with E-state index in [9.17, 15) is 113 Å². The molecule has 11 aromatic carbocycles. The summed E-state index contributed by atoms with van der Waals surface area (Å²) in [4.78, 5) is 84.2. The lowest BCUT2D eigenvalue weighted by Gasteiger charge is -2.24. The molecule has 1 saturated carbocycles. The Bertz CT molecular complexity index is 7460. The van der Waals surface area contributed by atoms with Gasteiger partial charge >= 0.3 is 41.8 Å². The second kappa shape index (κ2) is 53.8. The molecule has 21 nitrogen and oxygen atoms in total. The van der Waals surface area contributed by atoms with Crippen LogP contribution in [0.4, 0.5) is 79.0 Å². The van der Waals surface area contributed by atoms with Crippen LogP contribution in [0.1, 0.15) is 197 Å². The Kier molecular flexibility index (Phi) is 41.9. The number of esters is 7. The van der Waals surface area contributed by atoms with Gasteiger partial charge in [0.15, 0.2) is 11.6 Å². The fourth-order valence-electron chi connectivity index (χ4n) is 13.2. The minimum atomic E-state index is -1.68. The first kappa shape index (κ1) is 115. The van der Waals surface area contributed by atoms with E-state index in [2.05, 4.69) is 30.4 Å². The van der Waals surface area contributed by atoms with E-state index >= 15 is 0 Å². The van der Waals surface area contributed by atoms with Gasteiger partial charge in [-0.15, -0.1) is 17.3 Å². The zero-order chi connectivity index (χ0) is 109. The molecule has 40 heteroatoms. The van der Waals surface area contributed by atoms with Gasteiger partial charge in [0, 0.05) is 70.6 Å². The second-order valence-corrected chi connectivity index (χ2v) is 33.5. The van der Waals surface area contributed by atoms with Crippen LogP contribution in [-0.4, -0.2) is 41.8 Å². The smallest absolute Gasteiger partial charge is 0.353 e. The summed E-state index contributed by atoms with van der Waals surface area (Å²) < 4.78 is 278. The molecule has 0 saturated heterocycles. The molecule has 2 aliphatic rings. The Morgan fingerprint density at radius 2 is 0.676 bits per heavy atom. The normalized spacial score (nSPS) is 12.8. The van der Waals surface area contributed by atoms with Crippen molar-refractivity contribution in [2.24, 2.45) is 23.7 Å². The highest BCUT2D eigenvalue weighted by Crippen LogP contribution is 2.35. The number of ether oxygens (including phenoxy) is 7. The molecule has 756 valence electrons. The molecule has 0 bridgehead atoms. The maximum Gasteiger partial charge on any atom is 0.353 e. The zero-order valence-electron chi connectivity index (χ0n) is 78.3. The van der Waals surface area contributed by atoms with E-state index in [-0.39, 0.29) is 91.0 Å². The molecule has 12 aromatic rings. The largest absolute Gasteiger partial charge is 0.426 e. The van der Waals surface area contributed by atoms with Crippen LogP contribution in [0.25, 0.3) is 0 Å². The van der Waals surface area contributed by atoms with Gasteiger partial charge in [0.05, 0.1) is 33.7 Å². The molecule has 2 aliphatic carbocycles. The van der Waals surface area contributed by atoms with Gasteiger partial charge in [0.1, 0.15) is 214 Å². The van der Waals surface area contributed by atoms with Crippen molar-refractivity contribution in [1.29, 1.82) is 36.8 Å². The molecular weight excluding hydrogens is 1990 g/mol. The van der Waals surface area contributed by atoms with Gasteiger partial charge in [-0.2, -0.15) is 36.8 Å². The maximum atomic E-state index is 14.1. The van der Waals surface area contributed by atoms with E-state index < -0.39 is 180 Å². The number of carbonyl (C=O) groups excluding carboxylic acids is 7. The molecule has 1 heterocycles. The number of allylic oxidation sites excluding steroid dienone is 1. The second-order valence-electron chi connectivity index (χ2n) is 32.3. The van der Waals surface area contributed by atoms with Crippen LogP contribution in [0.5, 0.6) is 40.2 Å². The minimum Gasteiger partial charge on any atom is -0.426 e. The highest BCUT2D eigenvalue weighted by Gasteiger charge is 2.31. The van der Waals surface area contributed by atoms with Crippen LogP contribution in [-0.2, 0) is 16.0 Å². The van der Waals surface area contributed by atoms with Crippen molar-refractivity contribution in [3.05, 3.63) is 379 Å². The summed E-state index contributed by atoms with van der Waals surface area (Å²) >= 11 is 1.31. The van der Waals surface area contributed by atoms with Gasteiger partial charge in [-0.25, -0.2) is 108 Å². The predicted octanol–water partition coefficient (Wildman–Crippen LogP) is 25.4. The summed E-state index contributed by atoms with van der Waals surface area (Å²) in [6.07, 6.45) is 7.92. The number of benzene rings is 11. The average Bonchev–Trinajstić information content (AvgIpc) is 1.00. The number of hydrogen-bond donors (Lipinski definition) is 0. The number of nitrogens with zero attached hydrogens (tertiary/aromatic N) is 7. The Morgan fingerprint density at radius 3 is 1.00 bits per heavy atom. The van der Waals surface area contributed by atoms with Crippen molar-refractivity contribution >= 4 is 53.1 Å². The number of carbonyl (C=O) groups is 7. The number of aryl methyl sites for hydroxylation is 3. The topological polar surface area (TPSA) is 351 Å². The number of thiophene rings is 1. The first-order chi connectivity index (χ1) is 70.1. The Labute approximate surface area is 836 Å². The summed E-state index contributed by atoms with van der Waals surface area (Å²) in [7, 11) is 0. The molecule has 1 aromatic heterocycles. The molecule has 14 rings (SSSR count). The van der Waals surface area contributed by atoms with Crippen LogP contribution in [0.2, 0.25) is 0 Å². The van der Waals surface area contributed by atoms with Crippen LogP contribution >= 0.6 is 11.3 Å². The lowest BCUT2D eigenvalue weighted by molar-refractivity contribution is -0.140. The Hall–Kier alpha value is -18.1. The molecular formula is C108H73F18N7O14S. The van der Waals surface area contributed by atoms with Crippen molar-refractivity contribution < 1.29 is 146 Å². The lowest BCUT2D eigenvalue weighted by atomic mass is 9.83. The summed E-state index contributed by atoms with van der Waals surface area (Å²) in [5, 5.41) is 60.1. The van der Waals surface area contributed by atoms with Gasteiger partial charge in [-0.1, -0.05) is 39.7 Å². The van der Waals surface area contributed by atoms with Gasteiger partial charge < -0.3 is 33.2 Å². The van der Waals surface area contributed by atoms with Crippen LogP contribution < -0.4 is 33.2 Å². The number of halogens is 18. The third-order valence-electron chi connectivity index (χ3n) is 20.7. The quantitative estimate of drug-likeness (QED) is 0.0285. The van der Waals surface area contributed by atoms with E-state index in [1.807, 2.05) is 20.8 Å². The molecule has 0 spiro atoms. The predicted molar refractivity (Wildman–Crippen MR) is 491 cm³/mol. The van der Waals surface area contributed by atoms with E-state index in [4.69, 9.17) is 65.3 Å². The first-order valence-corrected chi connectivity index (χ1v) is 44.0. The van der Waals surface area contributed by atoms with E-state index in [0.717, 1.165) is 178 Å². The fourth-order valence-corrected chi connectivity index (χ4v) is 14.0. The fraction of sp³-hybridized carbons (Fsp3) is 0.185. The van der Waals surface area contributed by atoms with Gasteiger partial charge in [-0.05, 0) is 229 Å². The Morgan fingerprint density at radius 1 is 0.345 bits per heavy atom. The van der Waals surface area contributed by atoms with Crippen molar-refractivity contribution in [3.63, 3.8) is 0 Å². The van der Waals surface area contributed by atoms with E-state index in [1.165, 1.54) is 55.5 Å². The average molecular weight is 2070 g/mol. The van der Waals surface area contributed by atoms with Crippen molar-refractivity contribution in [2.75, 3.05) is 0 Å². The van der Waals surface area contributed by atoms with Crippen LogP contribution in [0.3, 0.4) is 0 Å². The third-order valence-corrected chi connectivity index (χ3v) is 21.6. The monoisotopic (exact) mass is 2070 g/mol. The van der Waals surface area contributed by atoms with Crippen LogP contribution in [0.15, 0.2) is 182 Å². The van der Waals surface area contributed by atoms with Crippen molar-refractivity contribution in [2.45, 2.75) is 107 Å². The molecule has 148 heavy (non-hydrogen) atoms. The number of hydrogen-bond acceptors (Lipinski definition) is 22. The summed E-state index contributed by atoms with van der Waals surface area (Å²) in [5.41, 5.74) is -5.23. The van der Waals surface area contributed by atoms with Crippen molar-refractivity contribution in [1.82, 2.24) is 0 Å². The molecule has 0 N–H and O–H groups in total. The summed E-state index contributed by atoms with van der Waals surface area (Å²) in [5.74, 6) is -21.7. The number of rotatable bonds is 16. The van der Waals surface area contributed by atoms with Gasteiger partial charge in [0.2, 0.25) is 0 Å². The molecule has 1 atom stereocenters. The lowest BCUT2D eigenvalue weighted by Crippen LogP contribution is -2.25. The highest BCUT2D eigenvalue weighted by molar-refractivity contribution is 7.13. The minimum absolute atomic E-state index is 0.0727. The maximum absolute atomic E-state index is 14.1. The molecule has 0 amide bonds. The third kappa shape index (κ3) is 32.2. The van der Waals surface area contributed by atoms with Crippen LogP contribution in [0, 0.1) is 240 Å². The SMILES string of the molecule is CC#Cc1cc(F)c(C(=O)Oc2ccc(C#N)c(F)c2)c(F)c1.CC(C)Cc1cc(F)c(C(=O)Oc2ccc(C#N)c(F)c2)c(F)c1.CC1CC=C(C(=O)Oc2cc(F)c(C#N)c(F)c2)CC1.CC1CCC(C(=O)Oc2cc(F)c(C#N)c(F)c2)CC1.Cc1cc(F)c(C(=O)Oc2ccc(C#N)c(F)c2)c(F)c1.Cc1cc(F)c(C(=O)Oc2ccc(C#N)c(F)c2)c(F)c1F.Cc1ccc(C(=O)Oc2ccc(C#N)c(F)c2)s1. The summed E-state index contributed by atoms with van der Waals surface area (Å²) in [6, 6.07) is 40.0. The van der Waals surface area contributed by atoms with Gasteiger partial charge in [0.25, 0.3) is 0 Å². The molecule has 1 unspecified atom stereocenters. The summed E-state index contributed by atoms with van der Waals surface area (Å²) in [6.45, 7) is 14.0. The molecule has 1 fully saturated rings. The first-order valence-electron chi connectivity index (χ1n) is 43.2.